The standard InChI is InChI=1S/C15H18N2O3/c18-14(19)8-2-1-5-9-16-15(20)13-10-11-6-3-4-7-12(11)17-13/h3-4,6-7,10,17H,1-2,5,8-9H2,(H,16,20)(H,18,19). The fourth-order valence-electron chi connectivity index (χ4n) is 2.07. The Bertz CT molecular complexity index is 571. The molecule has 5 nitrogen and oxygen atoms in total. The Morgan fingerprint density at radius 2 is 1.95 bits per heavy atom. The molecule has 5 heteroatoms. The van der Waals surface area contributed by atoms with Crippen LogP contribution in [0.5, 0.6) is 0 Å². The molecule has 0 fully saturated rings. The number of H-pyrrole nitrogens is 1. The molecule has 2 rings (SSSR count). The van der Waals surface area contributed by atoms with E-state index in [-0.39, 0.29) is 12.3 Å². The molecule has 0 aliphatic heterocycles. The highest BCUT2D eigenvalue weighted by molar-refractivity contribution is 5.97. The molecule has 0 saturated heterocycles. The Balaban J connectivity index is 1.76. The Hall–Kier alpha value is -2.30. The van der Waals surface area contributed by atoms with Crippen molar-refractivity contribution in [3.63, 3.8) is 0 Å². The first-order valence-corrected chi connectivity index (χ1v) is 6.74. The molecule has 1 aromatic carbocycles. The third kappa shape index (κ3) is 3.85. The summed E-state index contributed by atoms with van der Waals surface area (Å²) < 4.78 is 0. The van der Waals surface area contributed by atoms with Crippen molar-refractivity contribution >= 4 is 22.8 Å². The summed E-state index contributed by atoms with van der Waals surface area (Å²) in [6.45, 7) is 0.563. The van der Waals surface area contributed by atoms with Gasteiger partial charge in [0.25, 0.3) is 5.91 Å². The minimum Gasteiger partial charge on any atom is -0.481 e. The zero-order valence-electron chi connectivity index (χ0n) is 11.2. The van der Waals surface area contributed by atoms with Gasteiger partial charge in [0.05, 0.1) is 0 Å². The van der Waals surface area contributed by atoms with Crippen LogP contribution in [0.25, 0.3) is 10.9 Å². The molecule has 3 N–H and O–H groups in total. The summed E-state index contributed by atoms with van der Waals surface area (Å²) in [5, 5.41) is 12.3. The first kappa shape index (κ1) is 14.1. The zero-order valence-corrected chi connectivity index (χ0v) is 11.2. The van der Waals surface area contributed by atoms with Crippen LogP contribution in [0.1, 0.15) is 36.2 Å². The van der Waals surface area contributed by atoms with E-state index in [0.29, 0.717) is 18.7 Å². The zero-order chi connectivity index (χ0) is 14.4. The number of para-hydroxylation sites is 1. The molecule has 106 valence electrons. The lowest BCUT2D eigenvalue weighted by Gasteiger charge is -2.03. The van der Waals surface area contributed by atoms with Gasteiger partial charge in [0, 0.05) is 23.9 Å². The van der Waals surface area contributed by atoms with Gasteiger partial charge in [0.1, 0.15) is 5.69 Å². The van der Waals surface area contributed by atoms with Gasteiger partial charge >= 0.3 is 5.97 Å². The first-order valence-electron chi connectivity index (χ1n) is 6.74. The van der Waals surface area contributed by atoms with Gasteiger partial charge in [-0.2, -0.15) is 0 Å². The number of carboxylic acids is 1. The lowest BCUT2D eigenvalue weighted by atomic mass is 10.2. The van der Waals surface area contributed by atoms with Gasteiger partial charge in [-0.05, 0) is 25.0 Å². The molecule has 0 aliphatic carbocycles. The molecule has 0 spiro atoms. The van der Waals surface area contributed by atoms with Crippen molar-refractivity contribution in [2.75, 3.05) is 6.54 Å². The molecule has 1 heterocycles. The number of carbonyl (C=O) groups is 2. The maximum absolute atomic E-state index is 11.9. The van der Waals surface area contributed by atoms with Crippen molar-refractivity contribution in [3.05, 3.63) is 36.0 Å². The number of hydrogen-bond donors (Lipinski definition) is 3. The van der Waals surface area contributed by atoms with Crippen LogP contribution < -0.4 is 5.32 Å². The Kier molecular flexibility index (Phi) is 4.76. The maximum atomic E-state index is 11.9. The van der Waals surface area contributed by atoms with Gasteiger partial charge < -0.3 is 15.4 Å². The summed E-state index contributed by atoms with van der Waals surface area (Å²) in [4.78, 5) is 25.3. The third-order valence-electron chi connectivity index (χ3n) is 3.13. The van der Waals surface area contributed by atoms with E-state index in [9.17, 15) is 9.59 Å². The van der Waals surface area contributed by atoms with Gasteiger partial charge in [0.15, 0.2) is 0 Å². The maximum Gasteiger partial charge on any atom is 0.303 e. The van der Waals surface area contributed by atoms with E-state index in [1.54, 1.807) is 0 Å². The Morgan fingerprint density at radius 1 is 1.15 bits per heavy atom. The molecule has 0 radical (unpaired) electrons. The number of fused-ring (bicyclic) bond motifs is 1. The molecule has 1 aromatic heterocycles. The van der Waals surface area contributed by atoms with Crippen LogP contribution in [-0.2, 0) is 4.79 Å². The lowest BCUT2D eigenvalue weighted by molar-refractivity contribution is -0.137. The monoisotopic (exact) mass is 274 g/mol. The average molecular weight is 274 g/mol. The van der Waals surface area contributed by atoms with Crippen molar-refractivity contribution in [2.24, 2.45) is 0 Å². The van der Waals surface area contributed by atoms with Crippen LogP contribution in [0.2, 0.25) is 0 Å². The minimum atomic E-state index is -0.771. The number of unbranched alkanes of at least 4 members (excludes halogenated alkanes) is 2. The Morgan fingerprint density at radius 3 is 2.70 bits per heavy atom. The van der Waals surface area contributed by atoms with Crippen LogP contribution in [0.15, 0.2) is 30.3 Å². The number of carbonyl (C=O) groups excluding carboxylic acids is 1. The van der Waals surface area contributed by atoms with E-state index in [4.69, 9.17) is 5.11 Å². The second-order valence-electron chi connectivity index (χ2n) is 4.73. The molecule has 0 atom stereocenters. The van der Waals surface area contributed by atoms with E-state index < -0.39 is 5.97 Å². The number of aromatic amines is 1. The first-order chi connectivity index (χ1) is 9.66. The van der Waals surface area contributed by atoms with Crippen molar-refractivity contribution in [3.8, 4) is 0 Å². The van der Waals surface area contributed by atoms with Crippen LogP contribution in [0.3, 0.4) is 0 Å². The smallest absolute Gasteiger partial charge is 0.303 e. The van der Waals surface area contributed by atoms with Crippen LogP contribution in [0.4, 0.5) is 0 Å². The fraction of sp³-hybridized carbons (Fsp3) is 0.333. The third-order valence-corrected chi connectivity index (χ3v) is 3.13. The SMILES string of the molecule is O=C(O)CCCCCNC(=O)c1cc2ccccc2[nH]1. The number of aromatic nitrogens is 1. The summed E-state index contributed by atoms with van der Waals surface area (Å²) in [6, 6.07) is 9.56. The quantitative estimate of drug-likeness (QED) is 0.678. The number of nitrogens with one attached hydrogen (secondary N) is 2. The van der Waals surface area contributed by atoms with Crippen molar-refractivity contribution in [1.29, 1.82) is 0 Å². The molecule has 0 saturated carbocycles. The van der Waals surface area contributed by atoms with Crippen molar-refractivity contribution in [2.45, 2.75) is 25.7 Å². The van der Waals surface area contributed by atoms with Crippen LogP contribution in [0, 0.1) is 0 Å². The lowest BCUT2D eigenvalue weighted by Crippen LogP contribution is -2.24. The van der Waals surface area contributed by atoms with Gasteiger partial charge in [0.2, 0.25) is 0 Å². The number of benzene rings is 1. The van der Waals surface area contributed by atoms with Crippen LogP contribution >= 0.6 is 0 Å². The summed E-state index contributed by atoms with van der Waals surface area (Å²) in [7, 11) is 0. The topological polar surface area (TPSA) is 82.2 Å². The highest BCUT2D eigenvalue weighted by Gasteiger charge is 2.08. The molecule has 0 unspecified atom stereocenters. The molecular weight excluding hydrogens is 256 g/mol. The highest BCUT2D eigenvalue weighted by atomic mass is 16.4. The summed E-state index contributed by atoms with van der Waals surface area (Å²) in [5.74, 6) is -0.897. The molecular formula is C15H18N2O3. The number of carboxylic acid groups (broad SMARTS) is 1. The summed E-state index contributed by atoms with van der Waals surface area (Å²) in [6.07, 6.45) is 2.44. The van der Waals surface area contributed by atoms with E-state index >= 15 is 0 Å². The fourth-order valence-corrected chi connectivity index (χ4v) is 2.07. The Labute approximate surface area is 117 Å². The summed E-state index contributed by atoms with van der Waals surface area (Å²) in [5.41, 5.74) is 1.50. The van der Waals surface area contributed by atoms with E-state index in [0.717, 1.165) is 23.7 Å². The van der Waals surface area contributed by atoms with E-state index in [2.05, 4.69) is 10.3 Å². The molecule has 2 aromatic rings. The molecule has 1 amide bonds. The number of rotatable bonds is 7. The molecule has 0 aliphatic rings. The predicted molar refractivity (Wildman–Crippen MR) is 76.7 cm³/mol. The average Bonchev–Trinajstić information content (AvgIpc) is 2.86. The minimum absolute atomic E-state index is 0.126. The predicted octanol–water partition coefficient (Wildman–Crippen LogP) is 2.54. The van der Waals surface area contributed by atoms with Gasteiger partial charge in [-0.25, -0.2) is 0 Å². The largest absolute Gasteiger partial charge is 0.481 e. The van der Waals surface area contributed by atoms with Gasteiger partial charge in [-0.3, -0.25) is 9.59 Å². The second-order valence-corrected chi connectivity index (χ2v) is 4.73. The molecule has 20 heavy (non-hydrogen) atoms. The summed E-state index contributed by atoms with van der Waals surface area (Å²) >= 11 is 0. The van der Waals surface area contributed by atoms with Gasteiger partial charge in [-0.1, -0.05) is 24.6 Å². The van der Waals surface area contributed by atoms with Crippen molar-refractivity contribution in [1.82, 2.24) is 10.3 Å². The molecule has 0 bridgehead atoms. The van der Waals surface area contributed by atoms with E-state index in [1.807, 2.05) is 30.3 Å². The highest BCUT2D eigenvalue weighted by Crippen LogP contribution is 2.14. The second kappa shape index (κ2) is 6.75. The number of aliphatic carboxylic acids is 1. The normalized spacial score (nSPS) is 10.6. The van der Waals surface area contributed by atoms with E-state index in [1.165, 1.54) is 0 Å². The number of hydrogen-bond acceptors (Lipinski definition) is 2. The van der Waals surface area contributed by atoms with Crippen molar-refractivity contribution < 1.29 is 14.7 Å². The van der Waals surface area contributed by atoms with Gasteiger partial charge in [-0.15, -0.1) is 0 Å². The van der Waals surface area contributed by atoms with Crippen LogP contribution in [-0.4, -0.2) is 28.5 Å². The number of amides is 1.